The topological polar surface area (TPSA) is 73.6 Å². The number of nitrogens with one attached hydrogen (secondary N) is 1. The number of nitrogens with two attached hydrogens (primary N) is 1. The molecule has 5 heteroatoms. The maximum atomic E-state index is 11.7. The van der Waals surface area contributed by atoms with E-state index in [1.807, 2.05) is 18.2 Å². The molecule has 1 heterocycles. The Balaban J connectivity index is 1.55. The Morgan fingerprint density at radius 1 is 1.35 bits per heavy atom. The monoisotopic (exact) mass is 274 g/mol. The molecule has 5 nitrogen and oxygen atoms in total. The fourth-order valence-corrected chi connectivity index (χ4v) is 2.32. The minimum atomic E-state index is -0.192. The quantitative estimate of drug-likeness (QED) is 0.815. The highest BCUT2D eigenvalue weighted by molar-refractivity contribution is 5.91. The normalized spacial score (nSPS) is 18.9. The number of rotatable bonds is 4. The van der Waals surface area contributed by atoms with Crippen molar-refractivity contribution in [2.24, 2.45) is 5.73 Å². The second-order valence-corrected chi connectivity index (χ2v) is 5.38. The van der Waals surface area contributed by atoms with E-state index in [0.717, 1.165) is 30.6 Å². The lowest BCUT2D eigenvalue weighted by molar-refractivity contribution is -0.116. The zero-order valence-corrected chi connectivity index (χ0v) is 11.2. The third-order valence-corrected chi connectivity index (χ3v) is 3.79. The SMILES string of the molecule is NC1(CNC(=O)/C=C/c2ccc3c(c2)OCO3)CCC1. The first-order valence-corrected chi connectivity index (χ1v) is 6.79. The Kier molecular flexibility index (Phi) is 3.36. The molecule has 1 aromatic rings. The van der Waals surface area contributed by atoms with Crippen molar-refractivity contribution in [1.29, 1.82) is 0 Å². The Hall–Kier alpha value is -2.01. The van der Waals surface area contributed by atoms with Crippen molar-refractivity contribution in [2.45, 2.75) is 24.8 Å². The number of benzene rings is 1. The van der Waals surface area contributed by atoms with Gasteiger partial charge in [0.25, 0.3) is 0 Å². The minimum absolute atomic E-state index is 0.126. The molecule has 3 N–H and O–H groups in total. The lowest BCUT2D eigenvalue weighted by Gasteiger charge is -2.37. The van der Waals surface area contributed by atoms with Gasteiger partial charge < -0.3 is 20.5 Å². The number of amides is 1. The number of fused-ring (bicyclic) bond motifs is 1. The van der Waals surface area contributed by atoms with Crippen molar-refractivity contribution in [3.63, 3.8) is 0 Å². The van der Waals surface area contributed by atoms with Gasteiger partial charge in [-0.3, -0.25) is 4.79 Å². The van der Waals surface area contributed by atoms with E-state index >= 15 is 0 Å². The molecule has 1 aliphatic heterocycles. The van der Waals surface area contributed by atoms with Crippen molar-refractivity contribution in [1.82, 2.24) is 5.32 Å². The van der Waals surface area contributed by atoms with Crippen molar-refractivity contribution in [3.05, 3.63) is 29.8 Å². The van der Waals surface area contributed by atoms with E-state index in [1.165, 1.54) is 6.08 Å². The van der Waals surface area contributed by atoms with Crippen LogP contribution in [0.4, 0.5) is 0 Å². The Morgan fingerprint density at radius 3 is 2.90 bits per heavy atom. The first-order chi connectivity index (χ1) is 9.65. The van der Waals surface area contributed by atoms with E-state index in [0.29, 0.717) is 12.3 Å². The third kappa shape index (κ3) is 2.77. The van der Waals surface area contributed by atoms with Gasteiger partial charge in [0.1, 0.15) is 0 Å². The molecule has 106 valence electrons. The summed E-state index contributed by atoms with van der Waals surface area (Å²) < 4.78 is 10.5. The van der Waals surface area contributed by atoms with Crippen LogP contribution in [0.3, 0.4) is 0 Å². The summed E-state index contributed by atoms with van der Waals surface area (Å²) in [6, 6.07) is 5.57. The highest BCUT2D eigenvalue weighted by Gasteiger charge is 2.32. The average molecular weight is 274 g/mol. The summed E-state index contributed by atoms with van der Waals surface area (Å²) in [6.07, 6.45) is 6.39. The van der Waals surface area contributed by atoms with Crippen LogP contribution in [-0.4, -0.2) is 24.8 Å². The van der Waals surface area contributed by atoms with Crippen molar-refractivity contribution < 1.29 is 14.3 Å². The molecule has 0 radical (unpaired) electrons. The molecule has 2 aliphatic rings. The van der Waals surface area contributed by atoms with Crippen LogP contribution >= 0.6 is 0 Å². The molecule has 0 unspecified atom stereocenters. The zero-order valence-electron chi connectivity index (χ0n) is 11.2. The molecule has 1 amide bonds. The van der Waals surface area contributed by atoms with Crippen LogP contribution in [0.25, 0.3) is 6.08 Å². The van der Waals surface area contributed by atoms with Crippen molar-refractivity contribution >= 4 is 12.0 Å². The summed E-state index contributed by atoms with van der Waals surface area (Å²) in [5.41, 5.74) is 6.76. The van der Waals surface area contributed by atoms with Gasteiger partial charge in [0.2, 0.25) is 12.7 Å². The predicted molar refractivity (Wildman–Crippen MR) is 75.4 cm³/mol. The Labute approximate surface area is 117 Å². The standard InChI is InChI=1S/C15H18N2O3/c16-15(6-1-7-15)9-17-14(18)5-3-11-2-4-12-13(8-11)20-10-19-12/h2-5,8H,1,6-7,9-10,16H2,(H,17,18)/b5-3+. The number of carbonyl (C=O) groups excluding carboxylic acids is 1. The van der Waals surface area contributed by atoms with Crippen LogP contribution in [0.5, 0.6) is 11.5 Å². The van der Waals surface area contributed by atoms with Crippen LogP contribution < -0.4 is 20.5 Å². The predicted octanol–water partition coefficient (Wildman–Crippen LogP) is 1.43. The van der Waals surface area contributed by atoms with E-state index < -0.39 is 0 Å². The second kappa shape index (κ2) is 5.17. The van der Waals surface area contributed by atoms with E-state index in [2.05, 4.69) is 5.32 Å². The van der Waals surface area contributed by atoms with Gasteiger partial charge in [-0.1, -0.05) is 6.07 Å². The summed E-state index contributed by atoms with van der Waals surface area (Å²) >= 11 is 0. The van der Waals surface area contributed by atoms with Gasteiger partial charge in [-0.05, 0) is 43.0 Å². The van der Waals surface area contributed by atoms with Gasteiger partial charge in [-0.25, -0.2) is 0 Å². The van der Waals surface area contributed by atoms with Gasteiger partial charge in [0.15, 0.2) is 11.5 Å². The smallest absolute Gasteiger partial charge is 0.244 e. The fraction of sp³-hybridized carbons (Fsp3) is 0.400. The van der Waals surface area contributed by atoms with Gasteiger partial charge >= 0.3 is 0 Å². The van der Waals surface area contributed by atoms with Gasteiger partial charge in [-0.15, -0.1) is 0 Å². The summed E-state index contributed by atoms with van der Waals surface area (Å²) in [6.45, 7) is 0.791. The van der Waals surface area contributed by atoms with Crippen LogP contribution in [0.2, 0.25) is 0 Å². The molecule has 0 atom stereocenters. The Morgan fingerprint density at radius 2 is 2.15 bits per heavy atom. The van der Waals surface area contributed by atoms with Crippen molar-refractivity contribution in [2.75, 3.05) is 13.3 Å². The first-order valence-electron chi connectivity index (χ1n) is 6.79. The van der Waals surface area contributed by atoms with E-state index in [9.17, 15) is 4.79 Å². The zero-order chi connectivity index (χ0) is 14.0. The molecular weight excluding hydrogens is 256 g/mol. The molecule has 0 spiro atoms. The van der Waals surface area contributed by atoms with Gasteiger partial charge in [0, 0.05) is 18.2 Å². The number of hydrogen-bond acceptors (Lipinski definition) is 4. The molecule has 1 aliphatic carbocycles. The van der Waals surface area contributed by atoms with Crippen LogP contribution in [0.15, 0.2) is 24.3 Å². The lowest BCUT2D eigenvalue weighted by Crippen LogP contribution is -2.54. The average Bonchev–Trinajstić information content (AvgIpc) is 2.88. The third-order valence-electron chi connectivity index (χ3n) is 3.79. The van der Waals surface area contributed by atoms with E-state index in [1.54, 1.807) is 6.08 Å². The molecule has 0 saturated heterocycles. The van der Waals surface area contributed by atoms with E-state index in [4.69, 9.17) is 15.2 Å². The van der Waals surface area contributed by atoms with Crippen LogP contribution in [0.1, 0.15) is 24.8 Å². The maximum absolute atomic E-state index is 11.7. The number of carbonyl (C=O) groups is 1. The molecule has 0 bridgehead atoms. The highest BCUT2D eigenvalue weighted by atomic mass is 16.7. The molecular formula is C15H18N2O3. The fourth-order valence-electron chi connectivity index (χ4n) is 2.32. The summed E-state index contributed by atoms with van der Waals surface area (Å²) in [5, 5.41) is 2.84. The summed E-state index contributed by atoms with van der Waals surface area (Å²) in [4.78, 5) is 11.7. The van der Waals surface area contributed by atoms with Crippen LogP contribution in [-0.2, 0) is 4.79 Å². The largest absolute Gasteiger partial charge is 0.454 e. The summed E-state index contributed by atoms with van der Waals surface area (Å²) in [5.74, 6) is 1.32. The molecule has 3 rings (SSSR count). The molecule has 1 saturated carbocycles. The molecule has 1 aromatic carbocycles. The first kappa shape index (κ1) is 13.0. The molecule has 1 fully saturated rings. The van der Waals surface area contributed by atoms with Crippen molar-refractivity contribution in [3.8, 4) is 11.5 Å². The maximum Gasteiger partial charge on any atom is 0.244 e. The Bertz CT molecular complexity index is 550. The summed E-state index contributed by atoms with van der Waals surface area (Å²) in [7, 11) is 0. The molecule has 20 heavy (non-hydrogen) atoms. The minimum Gasteiger partial charge on any atom is -0.454 e. The number of ether oxygens (including phenoxy) is 2. The molecule has 0 aromatic heterocycles. The highest BCUT2D eigenvalue weighted by Crippen LogP contribution is 2.32. The lowest BCUT2D eigenvalue weighted by atomic mass is 9.78. The van der Waals surface area contributed by atoms with Gasteiger partial charge in [-0.2, -0.15) is 0 Å². The number of hydrogen-bond donors (Lipinski definition) is 2. The second-order valence-electron chi connectivity index (χ2n) is 5.38. The van der Waals surface area contributed by atoms with Crippen LogP contribution in [0, 0.1) is 0 Å². The van der Waals surface area contributed by atoms with Gasteiger partial charge in [0.05, 0.1) is 0 Å². The van der Waals surface area contributed by atoms with E-state index in [-0.39, 0.29) is 18.2 Å².